The highest BCUT2D eigenvalue weighted by atomic mass is 16.1. The number of rotatable bonds is 6. The molecule has 0 aliphatic rings. The normalized spacial score (nSPS) is 14.5. The molecule has 14 heavy (non-hydrogen) atoms. The van der Waals surface area contributed by atoms with E-state index in [0.29, 0.717) is 0 Å². The van der Waals surface area contributed by atoms with E-state index in [1.54, 1.807) is 6.92 Å². The maximum absolute atomic E-state index is 11.0. The molecule has 0 aromatic carbocycles. The summed E-state index contributed by atoms with van der Waals surface area (Å²) in [7, 11) is 0. The van der Waals surface area contributed by atoms with Crippen LogP contribution in [0, 0.1) is 11.3 Å². The minimum absolute atomic E-state index is 0.0996. The van der Waals surface area contributed by atoms with Gasteiger partial charge in [0.25, 0.3) is 0 Å². The molecule has 0 aromatic rings. The summed E-state index contributed by atoms with van der Waals surface area (Å²) in [5, 5.41) is 0. The molecule has 2 N–H and O–H groups in total. The van der Waals surface area contributed by atoms with Crippen molar-refractivity contribution in [2.45, 2.75) is 59.9 Å². The van der Waals surface area contributed by atoms with Crippen LogP contribution in [0.25, 0.3) is 0 Å². The van der Waals surface area contributed by atoms with Crippen molar-refractivity contribution in [3.63, 3.8) is 0 Å². The molecule has 0 aliphatic carbocycles. The molecule has 2 heteroatoms. The fourth-order valence-corrected chi connectivity index (χ4v) is 1.52. The van der Waals surface area contributed by atoms with Gasteiger partial charge in [-0.1, -0.05) is 34.1 Å². The lowest BCUT2D eigenvalue weighted by molar-refractivity contribution is -0.118. The highest BCUT2D eigenvalue weighted by Gasteiger charge is 2.23. The van der Waals surface area contributed by atoms with Crippen molar-refractivity contribution in [3.8, 4) is 0 Å². The van der Waals surface area contributed by atoms with E-state index in [2.05, 4.69) is 27.7 Å². The summed E-state index contributed by atoms with van der Waals surface area (Å²) in [6.45, 7) is 10.4. The molecule has 0 aliphatic heterocycles. The Morgan fingerprint density at radius 3 is 2.21 bits per heavy atom. The first-order chi connectivity index (χ1) is 6.24. The Hall–Kier alpha value is -0.370. The van der Waals surface area contributed by atoms with Gasteiger partial charge >= 0.3 is 0 Å². The van der Waals surface area contributed by atoms with Gasteiger partial charge in [0.05, 0.1) is 6.04 Å². The maximum Gasteiger partial charge on any atom is 0.146 e. The second kappa shape index (κ2) is 5.50. The first kappa shape index (κ1) is 13.6. The number of hydrogen-bond donors (Lipinski definition) is 1. The van der Waals surface area contributed by atoms with E-state index in [0.717, 1.165) is 18.8 Å². The third kappa shape index (κ3) is 6.14. The van der Waals surface area contributed by atoms with E-state index in [1.165, 1.54) is 6.42 Å². The molecule has 0 bridgehead atoms. The Kier molecular flexibility index (Phi) is 5.35. The molecule has 0 aromatic heterocycles. The predicted octanol–water partition coefficient (Wildman–Crippen LogP) is 2.76. The predicted molar refractivity (Wildman–Crippen MR) is 61.1 cm³/mol. The molecule has 0 radical (unpaired) electrons. The first-order valence-electron chi connectivity index (χ1n) is 5.50. The Morgan fingerprint density at radius 1 is 1.36 bits per heavy atom. The summed E-state index contributed by atoms with van der Waals surface area (Å²) >= 11 is 0. The van der Waals surface area contributed by atoms with Gasteiger partial charge in [0, 0.05) is 0 Å². The minimum atomic E-state index is -0.280. The number of ketones is 1. The van der Waals surface area contributed by atoms with Crippen LogP contribution in [0.5, 0.6) is 0 Å². The second-order valence-corrected chi connectivity index (χ2v) is 5.52. The molecule has 0 saturated heterocycles. The molecule has 1 unspecified atom stereocenters. The third-order valence-electron chi connectivity index (χ3n) is 2.69. The van der Waals surface area contributed by atoms with Gasteiger partial charge in [0.2, 0.25) is 0 Å². The third-order valence-corrected chi connectivity index (χ3v) is 2.69. The summed E-state index contributed by atoms with van der Waals surface area (Å²) in [4.78, 5) is 11.0. The Bertz CT molecular complexity index is 185. The molecule has 0 heterocycles. The summed E-state index contributed by atoms with van der Waals surface area (Å²) in [5.74, 6) is 0.824. The molecule has 84 valence electrons. The van der Waals surface area contributed by atoms with Crippen LogP contribution in [0.3, 0.4) is 0 Å². The summed E-state index contributed by atoms with van der Waals surface area (Å²) in [6.07, 6.45) is 3.15. The molecule has 0 spiro atoms. The lowest BCUT2D eigenvalue weighted by atomic mass is 9.79. The SMILES string of the molecule is CC(=O)C(N)CC(C)(C)CCC(C)C. The Morgan fingerprint density at radius 2 is 1.86 bits per heavy atom. The number of hydrogen-bond acceptors (Lipinski definition) is 2. The van der Waals surface area contributed by atoms with Crippen molar-refractivity contribution in [2.24, 2.45) is 17.1 Å². The van der Waals surface area contributed by atoms with Crippen LogP contribution in [0.1, 0.15) is 53.9 Å². The van der Waals surface area contributed by atoms with Gasteiger partial charge in [0.15, 0.2) is 0 Å². The number of carbonyl (C=O) groups excluding carboxylic acids is 1. The van der Waals surface area contributed by atoms with Crippen LogP contribution in [-0.4, -0.2) is 11.8 Å². The summed E-state index contributed by atoms with van der Waals surface area (Å²) in [5.41, 5.74) is 5.95. The molecule has 2 nitrogen and oxygen atoms in total. The van der Waals surface area contributed by atoms with Crippen molar-refractivity contribution in [3.05, 3.63) is 0 Å². The van der Waals surface area contributed by atoms with Crippen LogP contribution >= 0.6 is 0 Å². The van der Waals surface area contributed by atoms with Crippen molar-refractivity contribution < 1.29 is 4.79 Å². The zero-order valence-electron chi connectivity index (χ0n) is 10.3. The van der Waals surface area contributed by atoms with Crippen LogP contribution in [0.4, 0.5) is 0 Å². The van der Waals surface area contributed by atoms with E-state index < -0.39 is 0 Å². The lowest BCUT2D eigenvalue weighted by Gasteiger charge is -2.27. The topological polar surface area (TPSA) is 43.1 Å². The highest BCUT2D eigenvalue weighted by molar-refractivity contribution is 5.81. The average molecular weight is 199 g/mol. The fourth-order valence-electron chi connectivity index (χ4n) is 1.52. The Labute approximate surface area is 88.3 Å². The van der Waals surface area contributed by atoms with Gasteiger partial charge < -0.3 is 5.73 Å². The van der Waals surface area contributed by atoms with Gasteiger partial charge in [-0.15, -0.1) is 0 Å². The van der Waals surface area contributed by atoms with Gasteiger partial charge in [-0.25, -0.2) is 0 Å². The van der Waals surface area contributed by atoms with Crippen LogP contribution < -0.4 is 5.73 Å². The van der Waals surface area contributed by atoms with Gasteiger partial charge in [-0.2, -0.15) is 0 Å². The molecule has 0 rings (SSSR count). The maximum atomic E-state index is 11.0. The molecular formula is C12H25NO. The van der Waals surface area contributed by atoms with E-state index in [4.69, 9.17) is 5.73 Å². The van der Waals surface area contributed by atoms with E-state index in [-0.39, 0.29) is 17.2 Å². The monoisotopic (exact) mass is 199 g/mol. The quantitative estimate of drug-likeness (QED) is 0.714. The fraction of sp³-hybridized carbons (Fsp3) is 0.917. The van der Waals surface area contributed by atoms with E-state index >= 15 is 0 Å². The minimum Gasteiger partial charge on any atom is -0.322 e. The molecule has 0 fully saturated rings. The number of Topliss-reactive ketones (excluding diaryl/α,β-unsaturated/α-hetero) is 1. The van der Waals surface area contributed by atoms with Crippen LogP contribution in [0.2, 0.25) is 0 Å². The lowest BCUT2D eigenvalue weighted by Crippen LogP contribution is -2.33. The Balaban J connectivity index is 3.99. The zero-order chi connectivity index (χ0) is 11.4. The number of carbonyl (C=O) groups is 1. The van der Waals surface area contributed by atoms with Crippen LogP contribution in [-0.2, 0) is 4.79 Å². The second-order valence-electron chi connectivity index (χ2n) is 5.52. The number of nitrogens with two attached hydrogens (primary N) is 1. The summed E-state index contributed by atoms with van der Waals surface area (Å²) in [6, 6.07) is -0.280. The van der Waals surface area contributed by atoms with E-state index in [9.17, 15) is 4.79 Å². The van der Waals surface area contributed by atoms with Gasteiger partial charge in [-0.05, 0) is 31.1 Å². The highest BCUT2D eigenvalue weighted by Crippen LogP contribution is 2.29. The van der Waals surface area contributed by atoms with Gasteiger partial charge in [-0.3, -0.25) is 4.79 Å². The van der Waals surface area contributed by atoms with Crippen molar-refractivity contribution in [2.75, 3.05) is 0 Å². The van der Waals surface area contributed by atoms with Crippen molar-refractivity contribution in [1.29, 1.82) is 0 Å². The van der Waals surface area contributed by atoms with Crippen molar-refractivity contribution >= 4 is 5.78 Å². The van der Waals surface area contributed by atoms with Crippen molar-refractivity contribution in [1.82, 2.24) is 0 Å². The first-order valence-corrected chi connectivity index (χ1v) is 5.50. The zero-order valence-corrected chi connectivity index (χ0v) is 10.3. The average Bonchev–Trinajstić information content (AvgIpc) is 2.00. The summed E-state index contributed by atoms with van der Waals surface area (Å²) < 4.78 is 0. The van der Waals surface area contributed by atoms with Crippen LogP contribution in [0.15, 0.2) is 0 Å². The standard InChI is InChI=1S/C12H25NO/c1-9(2)6-7-12(4,5)8-11(13)10(3)14/h9,11H,6-8,13H2,1-5H3. The largest absolute Gasteiger partial charge is 0.322 e. The smallest absolute Gasteiger partial charge is 0.146 e. The van der Waals surface area contributed by atoms with E-state index in [1.807, 2.05) is 0 Å². The molecule has 0 amide bonds. The molecule has 0 saturated carbocycles. The van der Waals surface area contributed by atoms with Gasteiger partial charge in [0.1, 0.15) is 5.78 Å². The molecule has 1 atom stereocenters. The molecular weight excluding hydrogens is 174 g/mol.